The van der Waals surface area contributed by atoms with Gasteiger partial charge in [0.2, 0.25) is 11.5 Å². The van der Waals surface area contributed by atoms with E-state index in [2.05, 4.69) is 110 Å². The molecule has 7 aromatic rings. The van der Waals surface area contributed by atoms with E-state index in [4.69, 9.17) is 68.3 Å². The molecule has 0 aliphatic rings. The number of nitrogens with zero attached hydrogens (tertiary/aromatic N) is 6. The number of methoxy groups -OCH3 is 3. The molecule has 0 spiro atoms. The van der Waals surface area contributed by atoms with Crippen molar-refractivity contribution in [3.63, 3.8) is 0 Å². The molecule has 11 unspecified atom stereocenters. The molecule has 3 aromatic heterocycles. The highest BCUT2D eigenvalue weighted by Gasteiger charge is 2.35. The maximum absolute atomic E-state index is 13.0. The Morgan fingerprint density at radius 2 is 0.671 bits per heavy atom. The number of phenolic OH excluding ortho intramolecular Hbond substituents is 1. The number of hydrogen-bond donors (Lipinski definition) is 1. The predicted molar refractivity (Wildman–Crippen MR) is 351 cm³/mol. The molecule has 0 saturated heterocycles. The monoisotopic (exact) mass is 1400 g/mol. The topological polar surface area (TPSA) is 153 Å². The molecule has 3 heterocycles. The number of aromatic hydroxyl groups is 1. The fourth-order valence-electron chi connectivity index (χ4n) is 4.71. The van der Waals surface area contributed by atoms with Gasteiger partial charge in [0, 0.05) is 0 Å². The minimum absolute atomic E-state index is 0. The van der Waals surface area contributed by atoms with Crippen LogP contribution in [0.5, 0.6) is 57.9 Å². The first-order valence-electron chi connectivity index (χ1n) is 19.8. The number of ether oxygens (including phenoxy) is 6. The Morgan fingerprint density at radius 3 is 0.947 bits per heavy atom. The first-order chi connectivity index (χ1) is 35.6. The highest BCUT2D eigenvalue weighted by molar-refractivity contribution is 9.30. The zero-order valence-corrected chi connectivity index (χ0v) is 57.9. The van der Waals surface area contributed by atoms with Crippen LogP contribution >= 0.6 is 164 Å². The van der Waals surface area contributed by atoms with Crippen LogP contribution in [0.4, 0.5) is 17.6 Å². The summed E-state index contributed by atoms with van der Waals surface area (Å²) >= 11 is 16.9. The maximum atomic E-state index is 13.0. The quantitative estimate of drug-likeness (QED) is 0.0589. The van der Waals surface area contributed by atoms with Crippen molar-refractivity contribution in [3.05, 3.63) is 155 Å². The summed E-state index contributed by atoms with van der Waals surface area (Å²) in [4.78, 5) is 22.9. The molecule has 0 fully saturated rings. The zero-order chi connectivity index (χ0) is 55.8. The second kappa shape index (κ2) is 38.9. The van der Waals surface area contributed by atoms with Crippen molar-refractivity contribution in [2.75, 3.05) is 21.3 Å². The zero-order valence-electron chi connectivity index (χ0n) is 39.0. The molecule has 7 rings (SSSR count). The minimum atomic E-state index is -0.377. The van der Waals surface area contributed by atoms with E-state index in [1.807, 2.05) is 0 Å². The first kappa shape index (κ1) is 72.3. The summed E-state index contributed by atoms with van der Waals surface area (Å²) in [5, 5.41) is 9.19. The Balaban J connectivity index is 0.000000340. The van der Waals surface area contributed by atoms with Crippen molar-refractivity contribution < 1.29 is 51.1 Å². The van der Waals surface area contributed by atoms with Crippen molar-refractivity contribution in [2.24, 2.45) is 0 Å². The summed E-state index contributed by atoms with van der Waals surface area (Å²) < 4.78 is 82.2. The standard InChI is InChI=1S/C17H12F2N2O3.C11H8ClFN2O2.C6H5FO.C5H4Cl2N2O.CH4.H18P16/c1-22-15-16(23-13-6-2-11(18)3-7-13)20-10-21-17(15)24-14-8-4-12(19)5-9-14;1-16-9-10(12)14-6-15-11(9)17-8-4-2-7(13)3-5-8;7-5-1-3-6(8)4-2-5;1-10-3-4(6)8-2-9-5(3)7;;1-10(2)14(9)16(13(7)8)15(11(3)4)12(5)6/h2-10H,1H3;2-6H,1H3;1-4,8H;2H,1H3;1H4;1-9H2. The highest BCUT2D eigenvalue weighted by Crippen LogP contribution is 3.24. The van der Waals surface area contributed by atoms with Gasteiger partial charge in [0.1, 0.15) is 65.2 Å². The molecule has 1 N–H and O–H groups in total. The molecule has 4 aromatic carbocycles. The molecule has 0 radical (unpaired) electrons. The van der Waals surface area contributed by atoms with Crippen LogP contribution in [-0.2, 0) is 0 Å². The van der Waals surface area contributed by atoms with Crippen LogP contribution in [0, 0.1) is 23.3 Å². The summed E-state index contributed by atoms with van der Waals surface area (Å²) in [5.41, 5.74) is 0. The Hall–Kier alpha value is 0.190. The largest absolute Gasteiger partial charge is 0.508 e. The first-order valence-corrected chi connectivity index (χ1v) is 49.1. The number of rotatable bonds is 15. The molecular formula is C40H51Cl3F4N6O7P16. The van der Waals surface area contributed by atoms with Crippen LogP contribution in [0.3, 0.4) is 0 Å². The lowest BCUT2D eigenvalue weighted by Gasteiger charge is -2.40. The smallest absolute Gasteiger partial charge is 0.269 e. The van der Waals surface area contributed by atoms with Crippen molar-refractivity contribution in [2.45, 2.75) is 7.43 Å². The summed E-state index contributed by atoms with van der Waals surface area (Å²) in [6, 6.07) is 21.4. The van der Waals surface area contributed by atoms with Gasteiger partial charge in [-0.1, -0.05) is 42.2 Å². The summed E-state index contributed by atoms with van der Waals surface area (Å²) in [6.07, 6.45) is 3.76. The molecule has 0 aliphatic heterocycles. The van der Waals surface area contributed by atoms with Crippen molar-refractivity contribution >= 4 is 164 Å². The van der Waals surface area contributed by atoms with Gasteiger partial charge in [0.15, 0.2) is 21.2 Å². The molecule has 0 amide bonds. The lowest BCUT2D eigenvalue weighted by molar-refractivity contribution is 0.337. The van der Waals surface area contributed by atoms with Gasteiger partial charge in [-0.25, -0.2) is 32.5 Å². The second-order valence-corrected chi connectivity index (χ2v) is 75.9. The van der Waals surface area contributed by atoms with Crippen LogP contribution in [0.25, 0.3) is 0 Å². The molecular weight excluding hydrogens is 1350 g/mol. The third kappa shape index (κ3) is 25.8. The number of phenols is 1. The Kier molecular flexibility index (Phi) is 37.0. The minimum Gasteiger partial charge on any atom is -0.508 e. The van der Waals surface area contributed by atoms with E-state index >= 15 is 0 Å². The van der Waals surface area contributed by atoms with Crippen molar-refractivity contribution in [1.29, 1.82) is 0 Å². The molecule has 36 heteroatoms. The van der Waals surface area contributed by atoms with E-state index in [0.717, 1.165) is 0 Å². The SMILES string of the molecule is C.COc1c(Cl)ncnc1Cl.COc1c(Cl)ncnc1Oc1ccc(F)cc1.COc1c(Oc2ccc(F)cc2)ncnc1Oc1ccc(F)cc1.Oc1ccc(F)cc1.PP(P)P(P)P(P(P)P)P(P(P)P)P(P)P. The lowest BCUT2D eigenvalue weighted by Crippen LogP contribution is -1.98. The van der Waals surface area contributed by atoms with Gasteiger partial charge < -0.3 is 33.5 Å². The normalized spacial score (nSPS) is 11.3. The van der Waals surface area contributed by atoms with Crippen molar-refractivity contribution in [3.8, 4) is 57.9 Å². The number of aromatic nitrogens is 6. The van der Waals surface area contributed by atoms with Gasteiger partial charge in [-0.05, 0) is 146 Å². The number of halogens is 7. The van der Waals surface area contributed by atoms with Crippen molar-refractivity contribution in [1.82, 2.24) is 29.9 Å². The third-order valence-corrected chi connectivity index (χ3v) is 105. The lowest BCUT2D eigenvalue weighted by atomic mass is 10.3. The van der Waals surface area contributed by atoms with E-state index in [-0.39, 0.29) is 130 Å². The molecule has 13 nitrogen and oxygen atoms in total. The van der Waals surface area contributed by atoms with E-state index in [1.54, 1.807) is 0 Å². The van der Waals surface area contributed by atoms with Crippen LogP contribution in [0.15, 0.2) is 116 Å². The summed E-state index contributed by atoms with van der Waals surface area (Å²) in [6.45, 7) is 0.740. The number of hydrogen-bond acceptors (Lipinski definition) is 13. The van der Waals surface area contributed by atoms with E-state index in [1.165, 1.54) is 137 Å². The maximum Gasteiger partial charge on any atom is 0.269 e. The predicted octanol–water partition coefficient (Wildman–Crippen LogP) is 20.3. The fraction of sp³-hybridized carbons (Fsp3) is 0.100. The van der Waals surface area contributed by atoms with Gasteiger partial charge in [-0.3, -0.25) is 0 Å². The average molecular weight is 1410 g/mol. The van der Waals surface area contributed by atoms with Gasteiger partial charge in [0.05, 0.1) is 21.3 Å². The van der Waals surface area contributed by atoms with Gasteiger partial charge in [0.25, 0.3) is 17.6 Å². The average Bonchev–Trinajstić information content (AvgIpc) is 3.36. The molecule has 0 saturated carbocycles. The van der Waals surface area contributed by atoms with E-state index in [9.17, 15) is 17.6 Å². The molecule has 0 aliphatic carbocycles. The van der Waals surface area contributed by atoms with Crippen LogP contribution in [0.1, 0.15) is 7.43 Å². The fourth-order valence-corrected chi connectivity index (χ4v) is 169. The summed E-state index contributed by atoms with van der Waals surface area (Å²) in [5.74, 6) is 0.942. The third-order valence-electron chi connectivity index (χ3n) is 7.91. The molecule has 76 heavy (non-hydrogen) atoms. The van der Waals surface area contributed by atoms with Crippen LogP contribution in [0.2, 0.25) is 15.5 Å². The number of benzene rings is 4. The van der Waals surface area contributed by atoms with Gasteiger partial charge in [-0.15, -0.1) is 80.4 Å². The van der Waals surface area contributed by atoms with E-state index < -0.39 is 0 Å². The van der Waals surface area contributed by atoms with Gasteiger partial charge >= 0.3 is 0 Å². The summed E-state index contributed by atoms with van der Waals surface area (Å²) in [7, 11) is 32.1. The molecule has 11 atom stereocenters. The van der Waals surface area contributed by atoms with Gasteiger partial charge in [-0.2, -0.15) is 15.0 Å². The Morgan fingerprint density at radius 1 is 0.395 bits per heavy atom. The second-order valence-electron chi connectivity index (χ2n) is 13.0. The Bertz CT molecular complexity index is 2680. The highest BCUT2D eigenvalue weighted by atomic mass is 35.5. The molecule has 412 valence electrons. The van der Waals surface area contributed by atoms with E-state index in [0.29, 0.717) is 23.0 Å². The molecule has 0 bridgehead atoms. The van der Waals surface area contributed by atoms with Crippen LogP contribution < -0.4 is 28.4 Å². The van der Waals surface area contributed by atoms with Crippen LogP contribution in [-0.4, -0.2) is 56.3 Å². The Labute approximate surface area is 483 Å².